The van der Waals surface area contributed by atoms with Gasteiger partial charge >= 0.3 is 0 Å². The first-order chi connectivity index (χ1) is 9.66. The van der Waals surface area contributed by atoms with Gasteiger partial charge in [0, 0.05) is 0 Å². The molecule has 1 aromatic heterocycles. The van der Waals surface area contributed by atoms with E-state index in [4.69, 9.17) is 4.74 Å². The largest absolute Gasteiger partial charge is 0.474 e. The van der Waals surface area contributed by atoms with Gasteiger partial charge in [0.05, 0.1) is 17.3 Å². The number of hydrogen-bond acceptors (Lipinski definition) is 4. The molecule has 2 heterocycles. The molecule has 116 valence electrons. The molecule has 0 unspecified atom stereocenters. The van der Waals surface area contributed by atoms with E-state index in [1.165, 1.54) is 0 Å². The summed E-state index contributed by atoms with van der Waals surface area (Å²) in [5.74, 6) is 0.574. The van der Waals surface area contributed by atoms with Crippen molar-refractivity contribution in [1.82, 2.24) is 4.98 Å². The number of ether oxygens (including phenoxy) is 1. The van der Waals surface area contributed by atoms with Gasteiger partial charge in [-0.1, -0.05) is 26.8 Å². The van der Waals surface area contributed by atoms with Crippen molar-refractivity contribution >= 4 is 5.90 Å². The summed E-state index contributed by atoms with van der Waals surface area (Å²) in [7, 11) is 0. The second-order valence-electron chi connectivity index (χ2n) is 7.58. The lowest BCUT2D eigenvalue weighted by Gasteiger charge is -2.20. The minimum Gasteiger partial charge on any atom is -0.474 e. The maximum Gasteiger partial charge on any atom is 0.236 e. The van der Waals surface area contributed by atoms with Crippen LogP contribution in [0.1, 0.15) is 65.0 Å². The van der Waals surface area contributed by atoms with Crippen LogP contribution in [0.5, 0.6) is 0 Å². The molecule has 0 spiro atoms. The summed E-state index contributed by atoms with van der Waals surface area (Å²) < 4.78 is 5.61. The van der Waals surface area contributed by atoms with E-state index in [0.29, 0.717) is 30.3 Å². The lowest BCUT2D eigenvalue weighted by atomic mass is 9.89. The fourth-order valence-corrected chi connectivity index (χ4v) is 2.19. The molecule has 1 N–H and O–H groups in total. The third-order valence-corrected chi connectivity index (χ3v) is 3.47. The summed E-state index contributed by atoms with van der Waals surface area (Å²) in [6.45, 7) is 11.1. The highest BCUT2D eigenvalue weighted by Gasteiger charge is 2.28. The molecule has 0 saturated carbocycles. The van der Waals surface area contributed by atoms with Crippen LogP contribution in [0.4, 0.5) is 0 Å². The van der Waals surface area contributed by atoms with Gasteiger partial charge in [-0.25, -0.2) is 9.98 Å². The number of aromatic nitrogens is 1. The number of aliphatic hydroxyl groups excluding tert-OH is 1. The number of pyridine rings is 1. The molecule has 1 aliphatic rings. The van der Waals surface area contributed by atoms with Crippen molar-refractivity contribution in [2.45, 2.75) is 59.1 Å². The number of hydrogen-bond donors (Lipinski definition) is 1. The van der Waals surface area contributed by atoms with Crippen LogP contribution in [0.25, 0.3) is 0 Å². The fraction of sp³-hybridized carbons (Fsp3) is 0.647. The Morgan fingerprint density at radius 3 is 2.62 bits per heavy atom. The molecule has 1 atom stereocenters. The molecule has 0 fully saturated rings. The van der Waals surface area contributed by atoms with Crippen molar-refractivity contribution in [3.8, 4) is 0 Å². The van der Waals surface area contributed by atoms with Crippen molar-refractivity contribution < 1.29 is 9.84 Å². The Hall–Kier alpha value is -1.42. The number of aliphatic hydroxyl groups is 1. The Kier molecular flexibility index (Phi) is 4.38. The molecule has 4 heteroatoms. The average molecular weight is 290 g/mol. The Bertz CT molecular complexity index is 530. The van der Waals surface area contributed by atoms with Gasteiger partial charge in [0.1, 0.15) is 12.3 Å². The monoisotopic (exact) mass is 290 g/mol. The van der Waals surface area contributed by atoms with Gasteiger partial charge in [-0.2, -0.15) is 0 Å². The molecule has 4 nitrogen and oxygen atoms in total. The van der Waals surface area contributed by atoms with Crippen molar-refractivity contribution in [3.63, 3.8) is 0 Å². The highest BCUT2D eigenvalue weighted by atomic mass is 16.5. The second kappa shape index (κ2) is 5.76. The molecule has 21 heavy (non-hydrogen) atoms. The first kappa shape index (κ1) is 16.0. The van der Waals surface area contributed by atoms with Crippen LogP contribution >= 0.6 is 0 Å². The molecule has 0 radical (unpaired) electrons. The van der Waals surface area contributed by atoms with Crippen LogP contribution in [-0.4, -0.2) is 28.1 Å². The van der Waals surface area contributed by atoms with E-state index in [-0.39, 0.29) is 11.0 Å². The molecular formula is C17H26N2O2. The van der Waals surface area contributed by atoms with Crippen LogP contribution < -0.4 is 0 Å². The topological polar surface area (TPSA) is 54.7 Å². The molecule has 1 aromatic rings. The SMILES string of the molecule is CC(C)(C)CC[C@H](O)c1cccc(C2=NC(C)(C)CO2)n1. The molecule has 0 bridgehead atoms. The normalized spacial score (nSPS) is 19.0. The van der Waals surface area contributed by atoms with Gasteiger partial charge in [-0.05, 0) is 44.2 Å². The van der Waals surface area contributed by atoms with E-state index in [9.17, 15) is 5.11 Å². The minimum absolute atomic E-state index is 0.197. The molecule has 0 aromatic carbocycles. The predicted octanol–water partition coefficient (Wildman–Crippen LogP) is 3.50. The van der Waals surface area contributed by atoms with E-state index in [1.54, 1.807) is 0 Å². The van der Waals surface area contributed by atoms with Crippen LogP contribution in [0.3, 0.4) is 0 Å². The van der Waals surface area contributed by atoms with Gasteiger partial charge in [-0.3, -0.25) is 0 Å². The summed E-state index contributed by atoms with van der Waals surface area (Å²) in [5, 5.41) is 10.3. The quantitative estimate of drug-likeness (QED) is 0.923. The van der Waals surface area contributed by atoms with Gasteiger partial charge in [-0.15, -0.1) is 0 Å². The van der Waals surface area contributed by atoms with E-state index < -0.39 is 6.10 Å². The molecule has 0 aliphatic carbocycles. The van der Waals surface area contributed by atoms with Gasteiger partial charge < -0.3 is 9.84 Å². The van der Waals surface area contributed by atoms with Crippen molar-refractivity contribution in [1.29, 1.82) is 0 Å². The number of nitrogens with zero attached hydrogens (tertiary/aromatic N) is 2. The number of rotatable bonds is 4. The first-order valence-electron chi connectivity index (χ1n) is 7.54. The minimum atomic E-state index is -0.542. The van der Waals surface area contributed by atoms with Crippen molar-refractivity contribution in [3.05, 3.63) is 29.6 Å². The summed E-state index contributed by atoms with van der Waals surface area (Å²) in [6.07, 6.45) is 1.11. The maximum absolute atomic E-state index is 10.3. The van der Waals surface area contributed by atoms with Gasteiger partial charge in [0.25, 0.3) is 0 Å². The molecule has 2 rings (SSSR count). The highest BCUT2D eigenvalue weighted by molar-refractivity contribution is 5.93. The van der Waals surface area contributed by atoms with Crippen LogP contribution in [0.2, 0.25) is 0 Å². The smallest absolute Gasteiger partial charge is 0.236 e. The zero-order chi connectivity index (χ0) is 15.7. The summed E-state index contributed by atoms with van der Waals surface area (Å²) >= 11 is 0. The van der Waals surface area contributed by atoms with Crippen molar-refractivity contribution in [2.24, 2.45) is 10.4 Å². The molecule has 0 amide bonds. The zero-order valence-electron chi connectivity index (χ0n) is 13.7. The third-order valence-electron chi connectivity index (χ3n) is 3.47. The van der Waals surface area contributed by atoms with Crippen LogP contribution in [0.15, 0.2) is 23.2 Å². The predicted molar refractivity (Wildman–Crippen MR) is 84.5 cm³/mol. The summed E-state index contributed by atoms with van der Waals surface area (Å²) in [6, 6.07) is 5.63. The second-order valence-corrected chi connectivity index (χ2v) is 7.58. The lowest BCUT2D eigenvalue weighted by molar-refractivity contribution is 0.143. The van der Waals surface area contributed by atoms with E-state index >= 15 is 0 Å². The Labute approximate surface area is 127 Å². The fourth-order valence-electron chi connectivity index (χ4n) is 2.19. The lowest BCUT2D eigenvalue weighted by Crippen LogP contribution is -2.17. The first-order valence-corrected chi connectivity index (χ1v) is 7.54. The van der Waals surface area contributed by atoms with E-state index in [0.717, 1.165) is 6.42 Å². The van der Waals surface area contributed by atoms with Crippen LogP contribution in [0, 0.1) is 5.41 Å². The average Bonchev–Trinajstić information content (AvgIpc) is 2.76. The molecular weight excluding hydrogens is 264 g/mol. The highest BCUT2D eigenvalue weighted by Crippen LogP contribution is 2.27. The number of aliphatic imine (C=N–C) groups is 1. The van der Waals surface area contributed by atoms with E-state index in [2.05, 4.69) is 30.7 Å². The Morgan fingerprint density at radius 1 is 1.33 bits per heavy atom. The van der Waals surface area contributed by atoms with E-state index in [1.807, 2.05) is 32.0 Å². The van der Waals surface area contributed by atoms with Gasteiger partial charge in [0.2, 0.25) is 5.90 Å². The molecule has 1 aliphatic heterocycles. The Morgan fingerprint density at radius 2 is 2.05 bits per heavy atom. The third kappa shape index (κ3) is 4.53. The molecule has 0 saturated heterocycles. The van der Waals surface area contributed by atoms with Crippen LogP contribution in [-0.2, 0) is 4.74 Å². The summed E-state index contributed by atoms with van der Waals surface area (Å²) in [4.78, 5) is 9.04. The summed E-state index contributed by atoms with van der Waals surface area (Å²) in [5.41, 5.74) is 1.40. The Balaban J connectivity index is 2.11. The van der Waals surface area contributed by atoms with Crippen molar-refractivity contribution in [2.75, 3.05) is 6.61 Å². The standard InChI is InChI=1S/C17H26N2O2/c1-16(2,3)10-9-14(20)12-7-6-8-13(18-12)15-19-17(4,5)11-21-15/h6-8,14,20H,9-11H2,1-5H3/t14-/m0/s1. The zero-order valence-corrected chi connectivity index (χ0v) is 13.7. The van der Waals surface area contributed by atoms with Gasteiger partial charge in [0.15, 0.2) is 0 Å². The maximum atomic E-state index is 10.3.